The van der Waals surface area contributed by atoms with Crippen LogP contribution in [0.4, 0.5) is 17.1 Å². The number of hydrogen-bond donors (Lipinski definition) is 2. The van der Waals surface area contributed by atoms with Gasteiger partial charge in [-0.2, -0.15) is 0 Å². The number of nitrogens with two attached hydrogens (primary N) is 1. The van der Waals surface area contributed by atoms with Gasteiger partial charge in [0.15, 0.2) is 0 Å². The second-order valence-corrected chi connectivity index (χ2v) is 3.99. The van der Waals surface area contributed by atoms with Crippen molar-refractivity contribution < 1.29 is 15.0 Å². The largest absolute Gasteiger partial charge is 0.506 e. The maximum Gasteiger partial charge on any atom is 0.284 e. The molecule has 8 heteroatoms. The van der Waals surface area contributed by atoms with Crippen molar-refractivity contribution in [2.24, 2.45) is 0 Å². The summed E-state index contributed by atoms with van der Waals surface area (Å²) in [5.74, 6) is -0.140. The van der Waals surface area contributed by atoms with Crippen molar-refractivity contribution in [2.45, 2.75) is 0 Å². The highest BCUT2D eigenvalue weighted by molar-refractivity contribution is 5.78. The van der Waals surface area contributed by atoms with E-state index in [0.29, 0.717) is 5.56 Å². The van der Waals surface area contributed by atoms with Crippen molar-refractivity contribution in [3.05, 3.63) is 56.6 Å². The predicted molar refractivity (Wildman–Crippen MR) is 71.3 cm³/mol. The van der Waals surface area contributed by atoms with Crippen molar-refractivity contribution in [2.75, 3.05) is 5.73 Å². The lowest BCUT2D eigenvalue weighted by atomic mass is 10.0. The molecule has 2 rings (SSSR count). The molecule has 2 aromatic carbocycles. The fourth-order valence-electron chi connectivity index (χ4n) is 1.75. The summed E-state index contributed by atoms with van der Waals surface area (Å²) < 4.78 is 0. The van der Waals surface area contributed by atoms with Crippen molar-refractivity contribution in [3.63, 3.8) is 0 Å². The topological polar surface area (TPSA) is 133 Å². The van der Waals surface area contributed by atoms with Crippen molar-refractivity contribution in [1.29, 1.82) is 0 Å². The summed E-state index contributed by atoms with van der Waals surface area (Å²) in [6, 6.07) is 7.45. The fourth-order valence-corrected chi connectivity index (χ4v) is 1.75. The molecule has 0 bridgehead atoms. The van der Waals surface area contributed by atoms with Crippen LogP contribution in [-0.4, -0.2) is 15.0 Å². The number of hydrogen-bond acceptors (Lipinski definition) is 6. The van der Waals surface area contributed by atoms with Crippen LogP contribution in [0.2, 0.25) is 0 Å². The van der Waals surface area contributed by atoms with Gasteiger partial charge < -0.3 is 10.8 Å². The zero-order valence-electron chi connectivity index (χ0n) is 10.0. The summed E-state index contributed by atoms with van der Waals surface area (Å²) in [5.41, 5.74) is 5.41. The Kier molecular flexibility index (Phi) is 3.21. The summed E-state index contributed by atoms with van der Waals surface area (Å²) in [7, 11) is 0. The molecule has 0 saturated heterocycles. The Labute approximate surface area is 112 Å². The Balaban J connectivity index is 2.63. The molecule has 3 N–H and O–H groups in total. The van der Waals surface area contributed by atoms with E-state index < -0.39 is 15.5 Å². The second kappa shape index (κ2) is 4.84. The first-order valence-electron chi connectivity index (χ1n) is 5.42. The lowest BCUT2D eigenvalue weighted by molar-refractivity contribution is -0.393. The molecule has 0 fully saturated rings. The first-order chi connectivity index (χ1) is 9.40. The first-order valence-corrected chi connectivity index (χ1v) is 5.42. The fraction of sp³-hybridized carbons (Fsp3) is 0. The van der Waals surface area contributed by atoms with Gasteiger partial charge in [0.2, 0.25) is 0 Å². The molecular formula is C12H9N3O5. The van der Waals surface area contributed by atoms with E-state index in [1.54, 1.807) is 0 Å². The third kappa shape index (κ3) is 2.34. The molecule has 0 saturated carbocycles. The summed E-state index contributed by atoms with van der Waals surface area (Å²) in [5, 5.41) is 31.0. The number of nitrogen functional groups attached to an aromatic ring is 1. The van der Waals surface area contributed by atoms with Gasteiger partial charge in [0.25, 0.3) is 11.4 Å². The zero-order chi connectivity index (χ0) is 14.9. The van der Waals surface area contributed by atoms with Crippen LogP contribution in [0.25, 0.3) is 11.1 Å². The van der Waals surface area contributed by atoms with Gasteiger partial charge in [-0.05, 0) is 23.8 Å². The van der Waals surface area contributed by atoms with Gasteiger partial charge in [-0.1, -0.05) is 6.07 Å². The highest BCUT2D eigenvalue weighted by Crippen LogP contribution is 2.35. The number of rotatable bonds is 3. The minimum absolute atomic E-state index is 0.0650. The highest BCUT2D eigenvalue weighted by atomic mass is 16.6. The third-order valence-electron chi connectivity index (χ3n) is 2.73. The second-order valence-electron chi connectivity index (χ2n) is 3.99. The molecule has 8 nitrogen and oxygen atoms in total. The van der Waals surface area contributed by atoms with Crippen LogP contribution >= 0.6 is 0 Å². The van der Waals surface area contributed by atoms with Crippen LogP contribution < -0.4 is 5.73 Å². The highest BCUT2D eigenvalue weighted by Gasteiger charge is 2.20. The van der Waals surface area contributed by atoms with Gasteiger partial charge in [0, 0.05) is 6.07 Å². The maximum atomic E-state index is 11.0. The molecule has 0 spiro atoms. The number of phenols is 1. The minimum atomic E-state index is -0.706. The van der Waals surface area contributed by atoms with E-state index in [0.717, 1.165) is 6.07 Å². The minimum Gasteiger partial charge on any atom is -0.506 e. The quantitative estimate of drug-likeness (QED) is 0.382. The van der Waals surface area contributed by atoms with Gasteiger partial charge in [0.05, 0.1) is 27.2 Å². The number of anilines is 1. The van der Waals surface area contributed by atoms with Gasteiger partial charge in [-0.3, -0.25) is 20.2 Å². The summed E-state index contributed by atoms with van der Waals surface area (Å²) in [6.07, 6.45) is 0. The molecule has 0 aliphatic heterocycles. The van der Waals surface area contributed by atoms with Gasteiger partial charge in [-0.15, -0.1) is 0 Å². The van der Waals surface area contributed by atoms with Crippen LogP contribution in [0.15, 0.2) is 36.4 Å². The van der Waals surface area contributed by atoms with E-state index in [1.807, 2.05) is 0 Å². The van der Waals surface area contributed by atoms with E-state index in [-0.39, 0.29) is 22.7 Å². The molecule has 0 heterocycles. The number of nitro groups is 2. The Morgan fingerprint density at radius 3 is 2.25 bits per heavy atom. The summed E-state index contributed by atoms with van der Waals surface area (Å²) in [6.45, 7) is 0. The van der Waals surface area contributed by atoms with Gasteiger partial charge in [0.1, 0.15) is 5.75 Å². The van der Waals surface area contributed by atoms with E-state index in [4.69, 9.17) is 5.73 Å². The number of phenolic OH excluding ortho intramolecular Hbond substituents is 1. The monoisotopic (exact) mass is 275 g/mol. The lowest BCUT2D eigenvalue weighted by Crippen LogP contribution is -1.96. The Hall–Kier alpha value is -3.16. The van der Waals surface area contributed by atoms with E-state index in [2.05, 4.69) is 0 Å². The van der Waals surface area contributed by atoms with E-state index >= 15 is 0 Å². The van der Waals surface area contributed by atoms with E-state index in [1.165, 1.54) is 30.3 Å². The molecule has 0 radical (unpaired) electrons. The molecule has 102 valence electrons. The average Bonchev–Trinajstić information content (AvgIpc) is 2.41. The summed E-state index contributed by atoms with van der Waals surface area (Å²) >= 11 is 0. The van der Waals surface area contributed by atoms with Gasteiger partial charge >= 0.3 is 0 Å². The third-order valence-corrected chi connectivity index (χ3v) is 2.73. The van der Waals surface area contributed by atoms with Crippen LogP contribution in [0.3, 0.4) is 0 Å². The normalized spacial score (nSPS) is 10.2. The van der Waals surface area contributed by atoms with Crippen LogP contribution in [0.1, 0.15) is 0 Å². The van der Waals surface area contributed by atoms with Crippen molar-refractivity contribution in [1.82, 2.24) is 0 Å². The van der Waals surface area contributed by atoms with Gasteiger partial charge in [-0.25, -0.2) is 0 Å². The maximum absolute atomic E-state index is 11.0. The molecule has 0 aliphatic carbocycles. The Morgan fingerprint density at radius 2 is 1.70 bits per heavy atom. The van der Waals surface area contributed by atoms with Crippen molar-refractivity contribution >= 4 is 17.1 Å². The standard InChI is InChI=1S/C12H9N3O5/c13-10-5-7(1-4-12(10)16)9-3-2-8(14(17)18)6-11(9)15(19)20/h1-6,16H,13H2. The molecule has 0 unspecified atom stereocenters. The number of nitro benzene ring substituents is 2. The molecule has 2 aromatic rings. The number of benzene rings is 2. The Bertz CT molecular complexity index is 714. The number of aromatic hydroxyl groups is 1. The van der Waals surface area contributed by atoms with Crippen LogP contribution in [0.5, 0.6) is 5.75 Å². The molecule has 0 amide bonds. The first kappa shape index (κ1) is 13.3. The molecule has 0 aromatic heterocycles. The lowest BCUT2D eigenvalue weighted by Gasteiger charge is -2.05. The molecular weight excluding hydrogens is 266 g/mol. The average molecular weight is 275 g/mol. The molecule has 0 atom stereocenters. The number of nitrogens with zero attached hydrogens (tertiary/aromatic N) is 2. The summed E-state index contributed by atoms with van der Waals surface area (Å²) in [4.78, 5) is 20.3. The van der Waals surface area contributed by atoms with E-state index in [9.17, 15) is 25.3 Å². The van der Waals surface area contributed by atoms with Crippen molar-refractivity contribution in [3.8, 4) is 16.9 Å². The number of non-ortho nitro benzene ring substituents is 1. The van der Waals surface area contributed by atoms with Crippen LogP contribution in [0, 0.1) is 20.2 Å². The SMILES string of the molecule is Nc1cc(-c2ccc([N+](=O)[O-])cc2[N+](=O)[O-])ccc1O. The van der Waals surface area contributed by atoms with Crippen LogP contribution in [-0.2, 0) is 0 Å². The Morgan fingerprint density at radius 1 is 1.00 bits per heavy atom. The molecule has 20 heavy (non-hydrogen) atoms. The predicted octanol–water partition coefficient (Wildman–Crippen LogP) is 2.46. The molecule has 0 aliphatic rings. The zero-order valence-corrected chi connectivity index (χ0v) is 10.0. The smallest absolute Gasteiger partial charge is 0.284 e.